The third-order valence-electron chi connectivity index (χ3n) is 3.43. The fourth-order valence-corrected chi connectivity index (χ4v) is 3.18. The third kappa shape index (κ3) is 1.79. The third-order valence-corrected chi connectivity index (χ3v) is 4.43. The van der Waals surface area contributed by atoms with Gasteiger partial charge in [-0.25, -0.2) is 9.78 Å². The number of imidazole rings is 1. The van der Waals surface area contributed by atoms with Gasteiger partial charge in [0.15, 0.2) is 17.6 Å². The van der Waals surface area contributed by atoms with Crippen LogP contribution in [0.3, 0.4) is 0 Å². The van der Waals surface area contributed by atoms with Crippen molar-refractivity contribution in [1.82, 2.24) is 18.7 Å². The van der Waals surface area contributed by atoms with Crippen molar-refractivity contribution in [3.05, 3.63) is 37.8 Å². The molecule has 3 rings (SSSR count). The minimum Gasteiger partial charge on any atom is -0.312 e. The van der Waals surface area contributed by atoms with Crippen molar-refractivity contribution < 1.29 is 4.79 Å². The molecule has 0 N–H and O–H groups in total. The second-order valence-corrected chi connectivity index (χ2v) is 5.81. The highest BCUT2D eigenvalue weighted by atomic mass is 32.1. The number of nitrogens with zero attached hydrogens (tertiary/aromatic N) is 4. The molecule has 3 heterocycles. The molecule has 3 aromatic heterocycles. The summed E-state index contributed by atoms with van der Waals surface area (Å²) in [6.07, 6.45) is 0.769. The highest BCUT2D eigenvalue weighted by molar-refractivity contribution is 7.17. The Morgan fingerprint density at radius 1 is 1.10 bits per heavy atom. The van der Waals surface area contributed by atoms with Gasteiger partial charge < -0.3 is 4.57 Å². The van der Waals surface area contributed by atoms with Crippen LogP contribution in [0.4, 0.5) is 0 Å². The first kappa shape index (κ1) is 13.5. The summed E-state index contributed by atoms with van der Waals surface area (Å²) in [4.78, 5) is 40.7. The maximum atomic E-state index is 12.2. The molecule has 0 aliphatic carbocycles. The zero-order chi connectivity index (χ0) is 15.3. The minimum absolute atomic E-state index is 0.234. The van der Waals surface area contributed by atoms with Crippen LogP contribution in [0.5, 0.6) is 0 Å². The number of hydrogen-bond acceptors (Lipinski definition) is 5. The number of carbonyl (C=O) groups excluding carboxylic acids is 1. The average Bonchev–Trinajstić information content (AvgIpc) is 3.07. The topological polar surface area (TPSA) is 78.9 Å². The van der Waals surface area contributed by atoms with E-state index < -0.39 is 11.2 Å². The summed E-state index contributed by atoms with van der Waals surface area (Å²) in [6.45, 7) is 0. The predicted molar refractivity (Wildman–Crippen MR) is 79.9 cm³/mol. The van der Waals surface area contributed by atoms with Crippen molar-refractivity contribution >= 4 is 28.8 Å². The first-order chi connectivity index (χ1) is 9.95. The number of aromatic nitrogens is 4. The number of carbonyl (C=O) groups is 1. The second kappa shape index (κ2) is 4.52. The van der Waals surface area contributed by atoms with E-state index in [-0.39, 0.29) is 5.52 Å². The van der Waals surface area contributed by atoms with Crippen molar-refractivity contribution in [1.29, 1.82) is 0 Å². The van der Waals surface area contributed by atoms with E-state index in [1.54, 1.807) is 30.8 Å². The van der Waals surface area contributed by atoms with Gasteiger partial charge in [-0.05, 0) is 12.1 Å². The van der Waals surface area contributed by atoms with Crippen molar-refractivity contribution in [3.8, 4) is 10.7 Å². The Bertz CT molecular complexity index is 989. The van der Waals surface area contributed by atoms with Gasteiger partial charge in [0.05, 0.1) is 9.75 Å². The van der Waals surface area contributed by atoms with E-state index in [0.29, 0.717) is 16.3 Å². The van der Waals surface area contributed by atoms with Gasteiger partial charge in [-0.15, -0.1) is 11.3 Å². The summed E-state index contributed by atoms with van der Waals surface area (Å²) in [7, 11) is 4.76. The zero-order valence-electron chi connectivity index (χ0n) is 11.7. The number of rotatable bonds is 2. The maximum Gasteiger partial charge on any atom is 0.332 e. The number of fused-ring (bicyclic) bond motifs is 1. The van der Waals surface area contributed by atoms with Crippen molar-refractivity contribution in [2.24, 2.45) is 21.1 Å². The molecular formula is C13H12N4O3S. The molecule has 0 radical (unpaired) electrons. The summed E-state index contributed by atoms with van der Waals surface area (Å²) < 4.78 is 4.12. The molecule has 108 valence electrons. The van der Waals surface area contributed by atoms with E-state index in [1.165, 1.54) is 23.0 Å². The molecule has 21 heavy (non-hydrogen) atoms. The molecule has 0 unspecified atom stereocenters. The predicted octanol–water partition coefficient (Wildman–Crippen LogP) is 0.512. The lowest BCUT2D eigenvalue weighted by Crippen LogP contribution is -2.37. The highest BCUT2D eigenvalue weighted by Crippen LogP contribution is 2.27. The molecule has 0 aliphatic rings. The van der Waals surface area contributed by atoms with Crippen LogP contribution in [0, 0.1) is 0 Å². The molecule has 0 spiro atoms. The van der Waals surface area contributed by atoms with Gasteiger partial charge in [0, 0.05) is 21.1 Å². The monoisotopic (exact) mass is 304 g/mol. The Balaban J connectivity index is 2.42. The smallest absolute Gasteiger partial charge is 0.312 e. The summed E-state index contributed by atoms with van der Waals surface area (Å²) in [5.41, 5.74) is -0.138. The molecule has 0 aromatic carbocycles. The Kier molecular flexibility index (Phi) is 2.91. The van der Waals surface area contributed by atoms with Gasteiger partial charge >= 0.3 is 5.69 Å². The van der Waals surface area contributed by atoms with Crippen molar-refractivity contribution in [2.75, 3.05) is 0 Å². The maximum absolute atomic E-state index is 12.2. The Morgan fingerprint density at radius 2 is 1.81 bits per heavy atom. The SMILES string of the molecule is Cn1c(=O)c2nc(-c3ccc(C=O)s3)n(C)c2n(C)c1=O. The van der Waals surface area contributed by atoms with E-state index in [1.807, 2.05) is 0 Å². The van der Waals surface area contributed by atoms with Crippen LogP contribution in [-0.4, -0.2) is 25.0 Å². The van der Waals surface area contributed by atoms with Crippen LogP contribution in [0.2, 0.25) is 0 Å². The largest absolute Gasteiger partial charge is 0.332 e. The molecule has 8 heteroatoms. The van der Waals surface area contributed by atoms with E-state index in [9.17, 15) is 14.4 Å². The lowest BCUT2D eigenvalue weighted by Gasteiger charge is -2.05. The van der Waals surface area contributed by atoms with Crippen LogP contribution in [0.25, 0.3) is 21.9 Å². The molecule has 0 bridgehead atoms. The summed E-state index contributed by atoms with van der Waals surface area (Å²) in [5.74, 6) is 0.557. The van der Waals surface area contributed by atoms with Gasteiger partial charge in [-0.2, -0.15) is 0 Å². The van der Waals surface area contributed by atoms with Crippen molar-refractivity contribution in [3.63, 3.8) is 0 Å². The number of aldehydes is 1. The first-order valence-corrected chi connectivity index (χ1v) is 6.95. The Labute approximate surface area is 122 Å². The quantitative estimate of drug-likeness (QED) is 0.646. The number of aryl methyl sites for hydroxylation is 2. The van der Waals surface area contributed by atoms with Crippen molar-refractivity contribution in [2.45, 2.75) is 0 Å². The van der Waals surface area contributed by atoms with Gasteiger partial charge in [0.1, 0.15) is 5.65 Å². The van der Waals surface area contributed by atoms with E-state index in [2.05, 4.69) is 4.98 Å². The van der Waals surface area contributed by atoms with Crippen LogP contribution >= 0.6 is 11.3 Å². The van der Waals surface area contributed by atoms with E-state index >= 15 is 0 Å². The molecule has 0 amide bonds. The summed E-state index contributed by atoms with van der Waals surface area (Å²) in [6, 6.07) is 3.47. The first-order valence-electron chi connectivity index (χ1n) is 6.13. The van der Waals surface area contributed by atoms with Gasteiger partial charge in [-0.3, -0.25) is 18.7 Å². The fourth-order valence-electron chi connectivity index (χ4n) is 2.34. The molecule has 0 saturated carbocycles. The number of thiophene rings is 1. The van der Waals surface area contributed by atoms with Crippen LogP contribution in [0.1, 0.15) is 9.67 Å². The second-order valence-electron chi connectivity index (χ2n) is 4.69. The lowest BCUT2D eigenvalue weighted by atomic mass is 10.4. The minimum atomic E-state index is -0.429. The Hall–Kier alpha value is -2.48. The standard InChI is InChI=1S/C13H12N4O3S/c1-15-10(8-5-4-7(6-18)21-8)14-9-11(15)16(2)13(20)17(3)12(9)19/h4-6H,1-3H3. The zero-order valence-corrected chi connectivity index (χ0v) is 12.5. The molecule has 7 nitrogen and oxygen atoms in total. The summed E-state index contributed by atoms with van der Waals surface area (Å²) in [5, 5.41) is 0. The average molecular weight is 304 g/mol. The van der Waals surface area contributed by atoms with E-state index in [0.717, 1.165) is 15.7 Å². The van der Waals surface area contributed by atoms with Gasteiger partial charge in [0.25, 0.3) is 5.56 Å². The molecular weight excluding hydrogens is 292 g/mol. The normalized spacial score (nSPS) is 11.2. The molecule has 0 saturated heterocycles. The lowest BCUT2D eigenvalue weighted by molar-refractivity contribution is 0.112. The molecule has 0 fully saturated rings. The fraction of sp³-hybridized carbons (Fsp3) is 0.231. The van der Waals surface area contributed by atoms with Crippen LogP contribution < -0.4 is 11.2 Å². The molecule has 0 aliphatic heterocycles. The number of hydrogen-bond donors (Lipinski definition) is 0. The van der Waals surface area contributed by atoms with E-state index in [4.69, 9.17) is 0 Å². The highest BCUT2D eigenvalue weighted by Gasteiger charge is 2.18. The summed E-state index contributed by atoms with van der Waals surface area (Å²) >= 11 is 1.29. The molecule has 3 aromatic rings. The Morgan fingerprint density at radius 3 is 2.43 bits per heavy atom. The van der Waals surface area contributed by atoms with Crippen LogP contribution in [0.15, 0.2) is 21.7 Å². The van der Waals surface area contributed by atoms with Gasteiger partial charge in [-0.1, -0.05) is 0 Å². The molecule has 0 atom stereocenters. The van der Waals surface area contributed by atoms with Crippen LogP contribution in [-0.2, 0) is 21.1 Å². The van der Waals surface area contributed by atoms with Gasteiger partial charge in [0.2, 0.25) is 0 Å².